The highest BCUT2D eigenvalue weighted by Crippen LogP contribution is 2.33. The van der Waals surface area contributed by atoms with E-state index in [0.29, 0.717) is 0 Å². The second-order valence-corrected chi connectivity index (χ2v) is 11.4. The molecule has 4 rings (SSSR count). The van der Waals surface area contributed by atoms with Gasteiger partial charge in [0.1, 0.15) is 49.0 Å². The first kappa shape index (κ1) is 36.1. The van der Waals surface area contributed by atoms with E-state index in [9.17, 15) is 49.8 Å². The summed E-state index contributed by atoms with van der Waals surface area (Å²) in [4.78, 5) is 66.4. The summed E-state index contributed by atoms with van der Waals surface area (Å²) < 4.78 is 9.47. The number of nitrogens with two attached hydrogens (primary N) is 2. The third kappa shape index (κ3) is 8.39. The molecule has 0 bridgehead atoms. The van der Waals surface area contributed by atoms with E-state index in [4.69, 9.17) is 20.9 Å². The number of hydrogen-bond acceptors (Lipinski definition) is 20. The summed E-state index contributed by atoms with van der Waals surface area (Å²) in [6.45, 7) is -0.176. The molecule has 0 aromatic carbocycles. The molecular weight excluding hydrogens is 644 g/mol. The standard InChI is InChI=1S/C26H40N10O12/c1-11(37)47-7-17(43)15(41)5-35-9-33(19-21(35)29-25(27)31-23(19)45)3-13(39)14(40)4-34-10-36(6-16(42)18(44)8-48-12(2)38)22-20(34)24(46)32-26(28)30-22/h13-18,39-44H,3-10H2,1-2H3,(H3,27,29,31,45)(H3,28,30,32,46). The monoisotopic (exact) mass is 684 g/mol. The predicted octanol–water partition coefficient (Wildman–Crippen LogP) is -5.82. The number of H-pyrrole nitrogens is 2. The van der Waals surface area contributed by atoms with Gasteiger partial charge in [-0.05, 0) is 0 Å². The lowest BCUT2D eigenvalue weighted by molar-refractivity contribution is -0.146. The number of carbonyl (C=O) groups is 2. The molecule has 6 atom stereocenters. The zero-order valence-corrected chi connectivity index (χ0v) is 26.1. The van der Waals surface area contributed by atoms with Crippen LogP contribution in [0.3, 0.4) is 0 Å². The number of carbonyl (C=O) groups excluding carboxylic acids is 2. The van der Waals surface area contributed by atoms with Crippen molar-refractivity contribution >= 4 is 46.8 Å². The van der Waals surface area contributed by atoms with Gasteiger partial charge < -0.3 is 71.2 Å². The molecule has 6 unspecified atom stereocenters. The third-order valence-corrected chi connectivity index (χ3v) is 7.58. The highest BCUT2D eigenvalue weighted by atomic mass is 16.5. The Labute approximate surface area is 271 Å². The number of nitrogens with one attached hydrogen (secondary N) is 2. The number of hydrogen-bond donors (Lipinski definition) is 10. The fourth-order valence-electron chi connectivity index (χ4n) is 5.25. The van der Waals surface area contributed by atoms with Crippen LogP contribution in [0.4, 0.5) is 34.9 Å². The van der Waals surface area contributed by atoms with Gasteiger partial charge in [0, 0.05) is 40.0 Å². The second-order valence-electron chi connectivity index (χ2n) is 11.4. The topological polar surface area (TPSA) is 330 Å². The van der Waals surface area contributed by atoms with Crippen molar-refractivity contribution in [1.82, 2.24) is 19.9 Å². The molecular formula is C26H40N10O12. The van der Waals surface area contributed by atoms with Gasteiger partial charge in [-0.25, -0.2) is 0 Å². The summed E-state index contributed by atoms with van der Waals surface area (Å²) in [7, 11) is 0. The minimum atomic E-state index is -1.54. The first-order valence-electron chi connectivity index (χ1n) is 14.7. The van der Waals surface area contributed by atoms with E-state index >= 15 is 0 Å². The van der Waals surface area contributed by atoms with E-state index in [1.165, 1.54) is 19.6 Å². The largest absolute Gasteiger partial charge is 0.463 e. The van der Waals surface area contributed by atoms with Crippen LogP contribution in [0, 0.1) is 0 Å². The van der Waals surface area contributed by atoms with Crippen LogP contribution in [0.5, 0.6) is 0 Å². The van der Waals surface area contributed by atoms with Crippen LogP contribution < -0.4 is 42.2 Å². The molecule has 2 aliphatic rings. The van der Waals surface area contributed by atoms with E-state index in [1.54, 1.807) is 0 Å². The number of nitrogen functional groups attached to an aromatic ring is 2. The lowest BCUT2D eigenvalue weighted by Crippen LogP contribution is -2.49. The molecule has 48 heavy (non-hydrogen) atoms. The minimum Gasteiger partial charge on any atom is -0.463 e. The predicted molar refractivity (Wildman–Crippen MR) is 167 cm³/mol. The van der Waals surface area contributed by atoms with Crippen LogP contribution in [0.15, 0.2) is 9.59 Å². The summed E-state index contributed by atoms with van der Waals surface area (Å²) in [5, 5.41) is 63.5. The van der Waals surface area contributed by atoms with E-state index < -0.39 is 72.9 Å². The number of aliphatic hydroxyl groups excluding tert-OH is 6. The number of aromatic nitrogens is 4. The Morgan fingerprint density at radius 3 is 1.29 bits per heavy atom. The van der Waals surface area contributed by atoms with Crippen molar-refractivity contribution in [2.45, 2.75) is 50.5 Å². The van der Waals surface area contributed by atoms with Crippen molar-refractivity contribution < 1.29 is 49.7 Å². The normalized spacial score (nSPS) is 17.8. The van der Waals surface area contributed by atoms with Crippen LogP contribution in [0.2, 0.25) is 0 Å². The smallest absolute Gasteiger partial charge is 0.302 e. The number of esters is 2. The summed E-state index contributed by atoms with van der Waals surface area (Å²) in [6, 6.07) is 0. The molecule has 266 valence electrons. The Kier molecular flexibility index (Phi) is 11.3. The quantitative estimate of drug-likeness (QED) is 0.0781. The molecule has 0 amide bonds. The van der Waals surface area contributed by atoms with Gasteiger partial charge in [0.15, 0.2) is 11.6 Å². The number of rotatable bonds is 15. The Balaban J connectivity index is 1.46. The van der Waals surface area contributed by atoms with E-state index in [2.05, 4.69) is 19.9 Å². The molecule has 2 aromatic heterocycles. The summed E-state index contributed by atoms with van der Waals surface area (Å²) in [5.74, 6) is -1.72. The van der Waals surface area contributed by atoms with Gasteiger partial charge in [-0.1, -0.05) is 0 Å². The van der Waals surface area contributed by atoms with Crippen molar-refractivity contribution in [3.63, 3.8) is 0 Å². The van der Waals surface area contributed by atoms with Gasteiger partial charge in [-0.15, -0.1) is 0 Å². The highest BCUT2D eigenvalue weighted by Gasteiger charge is 2.38. The number of nitrogens with zero attached hydrogens (tertiary/aromatic N) is 6. The molecule has 0 spiro atoms. The van der Waals surface area contributed by atoms with Gasteiger partial charge in [-0.2, -0.15) is 9.97 Å². The van der Waals surface area contributed by atoms with Crippen molar-refractivity contribution in [3.05, 3.63) is 20.7 Å². The van der Waals surface area contributed by atoms with Gasteiger partial charge in [0.05, 0.1) is 25.5 Å². The van der Waals surface area contributed by atoms with Crippen molar-refractivity contribution in [3.8, 4) is 0 Å². The SMILES string of the molecule is CC(=O)OCC(O)C(O)CN1CN(CC(O)C(O)CN2CN(CC(O)C(O)COC(C)=O)c3nc(N)[nH]c(=O)c32)c2c1nc(N)[nH]c2=O. The van der Waals surface area contributed by atoms with Crippen molar-refractivity contribution in [2.24, 2.45) is 0 Å². The van der Waals surface area contributed by atoms with Crippen LogP contribution in [0.25, 0.3) is 0 Å². The molecule has 0 saturated heterocycles. The number of β-amino-alcohol motifs (C(OH)–C–C–N with tert-alkyl or cyclic N) is 4. The Hall–Kier alpha value is -4.74. The van der Waals surface area contributed by atoms with Crippen LogP contribution in [-0.2, 0) is 19.1 Å². The molecule has 22 heteroatoms. The molecule has 2 aliphatic heterocycles. The fraction of sp³-hybridized carbons (Fsp3) is 0.615. The third-order valence-electron chi connectivity index (χ3n) is 7.58. The number of aliphatic hydroxyl groups is 6. The van der Waals surface area contributed by atoms with E-state index in [1.807, 2.05) is 0 Å². The number of aromatic amines is 2. The number of anilines is 6. The Morgan fingerprint density at radius 1 is 0.646 bits per heavy atom. The first-order valence-corrected chi connectivity index (χ1v) is 14.7. The molecule has 22 nitrogen and oxygen atoms in total. The maximum absolute atomic E-state index is 12.9. The Bertz CT molecular complexity index is 1470. The summed E-state index contributed by atoms with van der Waals surface area (Å²) in [5.41, 5.74) is 10.0. The number of ether oxygens (including phenoxy) is 2. The van der Waals surface area contributed by atoms with Gasteiger partial charge in [-0.3, -0.25) is 29.1 Å². The zero-order valence-electron chi connectivity index (χ0n) is 26.1. The lowest BCUT2D eigenvalue weighted by atomic mass is 10.1. The van der Waals surface area contributed by atoms with E-state index in [0.717, 1.165) is 13.8 Å². The zero-order chi connectivity index (χ0) is 35.4. The molecule has 0 radical (unpaired) electrons. The average molecular weight is 685 g/mol. The van der Waals surface area contributed by atoms with Crippen LogP contribution in [-0.4, -0.2) is 152 Å². The van der Waals surface area contributed by atoms with Gasteiger partial charge in [0.25, 0.3) is 11.1 Å². The van der Waals surface area contributed by atoms with Crippen molar-refractivity contribution in [1.29, 1.82) is 0 Å². The van der Waals surface area contributed by atoms with Gasteiger partial charge in [0.2, 0.25) is 11.9 Å². The Morgan fingerprint density at radius 2 is 0.958 bits per heavy atom. The second kappa shape index (κ2) is 15.0. The van der Waals surface area contributed by atoms with Gasteiger partial charge >= 0.3 is 11.9 Å². The maximum Gasteiger partial charge on any atom is 0.302 e. The van der Waals surface area contributed by atoms with Crippen LogP contribution in [0.1, 0.15) is 13.8 Å². The molecule has 2 aromatic rings. The molecule has 0 saturated carbocycles. The lowest BCUT2D eigenvalue weighted by Gasteiger charge is -2.30. The molecule has 0 fully saturated rings. The molecule has 0 aliphatic carbocycles. The number of fused-ring (bicyclic) bond motifs is 2. The van der Waals surface area contributed by atoms with Crippen LogP contribution >= 0.6 is 0 Å². The minimum absolute atomic E-state index is 0.0328. The van der Waals surface area contributed by atoms with E-state index in [-0.39, 0.29) is 74.4 Å². The van der Waals surface area contributed by atoms with Crippen molar-refractivity contribution in [2.75, 3.05) is 83.8 Å². The average Bonchev–Trinajstić information content (AvgIpc) is 3.51. The summed E-state index contributed by atoms with van der Waals surface area (Å²) >= 11 is 0. The highest BCUT2D eigenvalue weighted by molar-refractivity contribution is 5.74. The first-order chi connectivity index (χ1) is 22.5. The molecule has 4 heterocycles. The summed E-state index contributed by atoms with van der Waals surface area (Å²) in [6.07, 6.45) is -8.91. The fourth-order valence-corrected chi connectivity index (χ4v) is 5.25. The maximum atomic E-state index is 12.9. The molecule has 12 N–H and O–H groups in total.